The molecule has 0 atom stereocenters. The molecule has 0 saturated carbocycles. The SMILES string of the molecule is Nc1cccc(OCCC(=O)OCc2ccccc2F)c1. The molecule has 0 aromatic heterocycles. The number of benzene rings is 2. The molecule has 0 bridgehead atoms. The molecule has 2 rings (SSSR count). The number of nitrogens with two attached hydrogens (primary N) is 1. The molecule has 0 aliphatic rings. The molecule has 2 N–H and O–H groups in total. The van der Waals surface area contributed by atoms with E-state index in [0.29, 0.717) is 17.0 Å². The molecule has 0 saturated heterocycles. The Labute approximate surface area is 122 Å². The molecular weight excluding hydrogens is 273 g/mol. The second-order valence-corrected chi connectivity index (χ2v) is 4.42. The summed E-state index contributed by atoms with van der Waals surface area (Å²) in [5, 5.41) is 0. The van der Waals surface area contributed by atoms with Crippen LogP contribution in [0.3, 0.4) is 0 Å². The van der Waals surface area contributed by atoms with E-state index in [1.54, 1.807) is 42.5 Å². The topological polar surface area (TPSA) is 61.5 Å². The van der Waals surface area contributed by atoms with E-state index in [4.69, 9.17) is 15.2 Å². The number of hydrogen-bond donors (Lipinski definition) is 1. The number of hydrogen-bond acceptors (Lipinski definition) is 4. The average Bonchev–Trinajstić information content (AvgIpc) is 2.46. The van der Waals surface area contributed by atoms with Gasteiger partial charge in [-0.2, -0.15) is 0 Å². The zero-order chi connectivity index (χ0) is 15.1. The first-order valence-electron chi connectivity index (χ1n) is 6.52. The van der Waals surface area contributed by atoms with Crippen LogP contribution in [-0.2, 0) is 16.1 Å². The molecule has 0 spiro atoms. The summed E-state index contributed by atoms with van der Waals surface area (Å²) in [5.41, 5.74) is 6.55. The lowest BCUT2D eigenvalue weighted by Gasteiger charge is -2.08. The van der Waals surface area contributed by atoms with Gasteiger partial charge in [-0.05, 0) is 18.2 Å². The zero-order valence-electron chi connectivity index (χ0n) is 11.4. The number of ether oxygens (including phenoxy) is 2. The lowest BCUT2D eigenvalue weighted by molar-refractivity contribution is -0.145. The number of esters is 1. The highest BCUT2D eigenvalue weighted by molar-refractivity contribution is 5.69. The van der Waals surface area contributed by atoms with Gasteiger partial charge in [0.25, 0.3) is 0 Å². The van der Waals surface area contributed by atoms with Crippen molar-refractivity contribution in [2.45, 2.75) is 13.0 Å². The monoisotopic (exact) mass is 289 g/mol. The number of anilines is 1. The molecule has 0 unspecified atom stereocenters. The summed E-state index contributed by atoms with van der Waals surface area (Å²) >= 11 is 0. The Morgan fingerprint density at radius 1 is 1.14 bits per heavy atom. The Kier molecular flexibility index (Phi) is 5.15. The van der Waals surface area contributed by atoms with Crippen molar-refractivity contribution < 1.29 is 18.7 Å². The highest BCUT2D eigenvalue weighted by Gasteiger charge is 2.06. The third-order valence-corrected chi connectivity index (χ3v) is 2.78. The Balaban J connectivity index is 1.72. The van der Waals surface area contributed by atoms with Crippen molar-refractivity contribution in [1.82, 2.24) is 0 Å². The van der Waals surface area contributed by atoms with E-state index in [1.807, 2.05) is 0 Å². The van der Waals surface area contributed by atoms with Crippen LogP contribution in [0.25, 0.3) is 0 Å². The maximum Gasteiger partial charge on any atom is 0.309 e. The van der Waals surface area contributed by atoms with Gasteiger partial charge in [0.2, 0.25) is 0 Å². The number of halogens is 1. The molecule has 0 heterocycles. The van der Waals surface area contributed by atoms with Crippen LogP contribution in [0.1, 0.15) is 12.0 Å². The molecular formula is C16H16FNO3. The first kappa shape index (κ1) is 14.8. The van der Waals surface area contributed by atoms with Gasteiger partial charge in [0.15, 0.2) is 0 Å². The minimum atomic E-state index is -0.442. The van der Waals surface area contributed by atoms with Crippen molar-refractivity contribution in [1.29, 1.82) is 0 Å². The summed E-state index contributed by atoms with van der Waals surface area (Å²) in [6.07, 6.45) is 0.0866. The number of rotatable bonds is 6. The molecule has 0 fully saturated rings. The van der Waals surface area contributed by atoms with E-state index in [1.165, 1.54) is 6.07 Å². The zero-order valence-corrected chi connectivity index (χ0v) is 11.4. The van der Waals surface area contributed by atoms with Gasteiger partial charge in [0, 0.05) is 17.3 Å². The van der Waals surface area contributed by atoms with E-state index in [0.717, 1.165) is 0 Å². The number of carbonyl (C=O) groups is 1. The maximum atomic E-state index is 13.3. The van der Waals surface area contributed by atoms with E-state index in [-0.39, 0.29) is 25.5 Å². The van der Waals surface area contributed by atoms with Crippen molar-refractivity contribution in [3.63, 3.8) is 0 Å². The molecule has 21 heavy (non-hydrogen) atoms. The van der Waals surface area contributed by atoms with Crippen molar-refractivity contribution >= 4 is 11.7 Å². The summed E-state index contributed by atoms with van der Waals surface area (Å²) in [4.78, 5) is 11.5. The van der Waals surface area contributed by atoms with Gasteiger partial charge in [-0.3, -0.25) is 4.79 Å². The molecule has 5 heteroatoms. The van der Waals surface area contributed by atoms with Crippen LogP contribution < -0.4 is 10.5 Å². The molecule has 0 radical (unpaired) electrons. The smallest absolute Gasteiger partial charge is 0.309 e. The Bertz CT molecular complexity index is 616. The largest absolute Gasteiger partial charge is 0.493 e. The van der Waals surface area contributed by atoms with Gasteiger partial charge in [-0.15, -0.1) is 0 Å². The standard InChI is InChI=1S/C16H16FNO3/c17-15-7-2-1-4-12(15)11-21-16(19)8-9-20-14-6-3-5-13(18)10-14/h1-7,10H,8-9,11,18H2. The molecule has 0 aliphatic carbocycles. The van der Waals surface area contributed by atoms with Crippen molar-refractivity contribution in [2.24, 2.45) is 0 Å². The molecule has 2 aromatic rings. The van der Waals surface area contributed by atoms with Crippen LogP contribution in [0.2, 0.25) is 0 Å². The Morgan fingerprint density at radius 2 is 1.95 bits per heavy atom. The predicted molar refractivity (Wildman–Crippen MR) is 77.2 cm³/mol. The summed E-state index contributed by atoms with van der Waals surface area (Å²) in [7, 11) is 0. The van der Waals surface area contributed by atoms with Crippen LogP contribution in [-0.4, -0.2) is 12.6 Å². The fourth-order valence-electron chi connectivity index (χ4n) is 1.70. The van der Waals surface area contributed by atoms with Crippen LogP contribution in [0.5, 0.6) is 5.75 Å². The Hall–Kier alpha value is -2.56. The summed E-state index contributed by atoms with van der Waals surface area (Å²) < 4.78 is 23.7. The lowest BCUT2D eigenvalue weighted by Crippen LogP contribution is -2.10. The third-order valence-electron chi connectivity index (χ3n) is 2.78. The normalized spacial score (nSPS) is 10.1. The lowest BCUT2D eigenvalue weighted by atomic mass is 10.2. The third kappa shape index (κ3) is 4.80. The molecule has 2 aromatic carbocycles. The van der Waals surface area contributed by atoms with Crippen LogP contribution >= 0.6 is 0 Å². The van der Waals surface area contributed by atoms with Gasteiger partial charge in [0.05, 0.1) is 13.0 Å². The quantitative estimate of drug-likeness (QED) is 0.656. The minimum Gasteiger partial charge on any atom is -0.493 e. The van der Waals surface area contributed by atoms with E-state index in [2.05, 4.69) is 0 Å². The van der Waals surface area contributed by atoms with Crippen LogP contribution in [0.4, 0.5) is 10.1 Å². The van der Waals surface area contributed by atoms with Gasteiger partial charge in [-0.25, -0.2) is 4.39 Å². The fourth-order valence-corrected chi connectivity index (χ4v) is 1.70. The fraction of sp³-hybridized carbons (Fsp3) is 0.188. The molecule has 110 valence electrons. The highest BCUT2D eigenvalue weighted by atomic mass is 19.1. The summed E-state index contributed by atoms with van der Waals surface area (Å²) in [6.45, 7) is 0.101. The van der Waals surface area contributed by atoms with E-state index < -0.39 is 5.97 Å². The predicted octanol–water partition coefficient (Wildman–Crippen LogP) is 2.92. The van der Waals surface area contributed by atoms with Crippen LogP contribution in [0.15, 0.2) is 48.5 Å². The van der Waals surface area contributed by atoms with Crippen molar-refractivity contribution in [3.8, 4) is 5.75 Å². The van der Waals surface area contributed by atoms with Gasteiger partial charge in [0.1, 0.15) is 18.2 Å². The van der Waals surface area contributed by atoms with Crippen LogP contribution in [0, 0.1) is 5.82 Å². The summed E-state index contributed by atoms with van der Waals surface area (Å²) in [5.74, 6) is -0.236. The second kappa shape index (κ2) is 7.28. The van der Waals surface area contributed by atoms with Crippen molar-refractivity contribution in [2.75, 3.05) is 12.3 Å². The Morgan fingerprint density at radius 3 is 2.71 bits per heavy atom. The molecule has 4 nitrogen and oxygen atoms in total. The molecule has 0 aliphatic heterocycles. The van der Waals surface area contributed by atoms with Crippen molar-refractivity contribution in [3.05, 3.63) is 59.9 Å². The minimum absolute atomic E-state index is 0.0796. The first-order valence-corrected chi connectivity index (χ1v) is 6.52. The average molecular weight is 289 g/mol. The summed E-state index contributed by atoms with van der Waals surface area (Å²) in [6, 6.07) is 13.1. The van der Waals surface area contributed by atoms with Gasteiger partial charge >= 0.3 is 5.97 Å². The second-order valence-electron chi connectivity index (χ2n) is 4.42. The first-order chi connectivity index (χ1) is 10.1. The van der Waals surface area contributed by atoms with Gasteiger partial charge in [-0.1, -0.05) is 24.3 Å². The van der Waals surface area contributed by atoms with E-state index >= 15 is 0 Å². The number of nitrogen functional groups attached to an aromatic ring is 1. The molecule has 0 amide bonds. The van der Waals surface area contributed by atoms with E-state index in [9.17, 15) is 9.18 Å². The van der Waals surface area contributed by atoms with Gasteiger partial charge < -0.3 is 15.2 Å². The maximum absolute atomic E-state index is 13.3. The number of carbonyl (C=O) groups excluding carboxylic acids is 1. The highest BCUT2D eigenvalue weighted by Crippen LogP contribution is 2.14.